The first-order chi connectivity index (χ1) is 20.2. The normalized spacial score (nSPS) is 12.2. The molecule has 0 spiro atoms. The Bertz CT molecular complexity index is 1750. The van der Waals surface area contributed by atoms with E-state index in [1.54, 1.807) is 48.5 Å². The number of rotatable bonds is 11. The summed E-state index contributed by atoms with van der Waals surface area (Å²) in [5.41, 5.74) is 1.29. The Kier molecular flexibility index (Phi) is 9.16. The molecule has 1 heterocycles. The Hall–Kier alpha value is -3.97. The maximum atomic E-state index is 13.3. The molecule has 2 N–H and O–H groups in total. The number of fused-ring (bicyclic) bond motifs is 1. The van der Waals surface area contributed by atoms with Crippen LogP contribution in [0.15, 0.2) is 60.7 Å². The second kappa shape index (κ2) is 12.3. The number of sulfonamides is 1. The topological polar surface area (TPSA) is 103 Å². The summed E-state index contributed by atoms with van der Waals surface area (Å²) in [4.78, 5) is 13.7. The van der Waals surface area contributed by atoms with Crippen molar-refractivity contribution in [2.45, 2.75) is 38.5 Å². The lowest BCUT2D eigenvalue weighted by molar-refractivity contribution is -0.274. The highest BCUT2D eigenvalue weighted by Crippen LogP contribution is 2.44. The zero-order valence-electron chi connectivity index (χ0n) is 24.1. The fourth-order valence-corrected chi connectivity index (χ4v) is 6.58. The zero-order valence-corrected chi connectivity index (χ0v) is 25.7. The Morgan fingerprint density at radius 3 is 2.02 bits per heavy atom. The van der Waals surface area contributed by atoms with Crippen molar-refractivity contribution >= 4 is 48.7 Å². The Labute approximate surface area is 251 Å². The number of benzene rings is 3. The number of thiophene rings is 1. The van der Waals surface area contributed by atoms with Gasteiger partial charge >= 0.3 is 6.36 Å². The molecule has 0 saturated heterocycles. The van der Waals surface area contributed by atoms with Crippen LogP contribution in [-0.4, -0.2) is 41.2 Å². The second-order valence-corrected chi connectivity index (χ2v) is 12.7. The van der Waals surface area contributed by atoms with Crippen molar-refractivity contribution < 1.29 is 40.6 Å². The number of carbonyl (C=O) groups is 1. The summed E-state index contributed by atoms with van der Waals surface area (Å²) in [6.45, 7) is 3.85. The van der Waals surface area contributed by atoms with E-state index >= 15 is 0 Å². The van der Waals surface area contributed by atoms with E-state index in [0.29, 0.717) is 51.4 Å². The van der Waals surface area contributed by atoms with Crippen molar-refractivity contribution in [3.8, 4) is 17.2 Å². The first-order valence-electron chi connectivity index (χ1n) is 13.2. The van der Waals surface area contributed by atoms with Crippen LogP contribution in [0.5, 0.6) is 17.2 Å². The SMILES string of the molecule is CCC(CC)(c1cc(NC(=O)c2cc3cc(NS(C)(=O)=O)ccc3s2)cc(OC)c1)c1cc(OC)cc(OC(F)(F)F)c1. The number of carbonyl (C=O) groups excluding carboxylic acids is 1. The van der Waals surface area contributed by atoms with Crippen molar-refractivity contribution in [1.29, 1.82) is 0 Å². The van der Waals surface area contributed by atoms with Gasteiger partial charge in [-0.05, 0) is 77.9 Å². The first kappa shape index (κ1) is 32.0. The van der Waals surface area contributed by atoms with E-state index in [2.05, 4.69) is 14.8 Å². The van der Waals surface area contributed by atoms with Crippen molar-refractivity contribution in [2.75, 3.05) is 30.5 Å². The molecule has 4 aromatic rings. The van der Waals surface area contributed by atoms with Gasteiger partial charge in [0.15, 0.2) is 0 Å². The lowest BCUT2D eigenvalue weighted by atomic mass is 9.70. The minimum Gasteiger partial charge on any atom is -0.497 e. The van der Waals surface area contributed by atoms with Crippen LogP contribution >= 0.6 is 11.3 Å². The minimum atomic E-state index is -4.88. The highest BCUT2D eigenvalue weighted by atomic mass is 32.2. The molecule has 0 aliphatic carbocycles. The third kappa shape index (κ3) is 7.52. The fourth-order valence-electron chi connectivity index (χ4n) is 5.08. The summed E-state index contributed by atoms with van der Waals surface area (Å²) in [7, 11) is -0.607. The van der Waals surface area contributed by atoms with Crippen LogP contribution in [0.1, 0.15) is 47.5 Å². The van der Waals surface area contributed by atoms with Gasteiger partial charge in [-0.2, -0.15) is 0 Å². The van der Waals surface area contributed by atoms with Gasteiger partial charge in [0.1, 0.15) is 17.2 Å². The number of hydrogen-bond acceptors (Lipinski definition) is 7. The van der Waals surface area contributed by atoms with Gasteiger partial charge in [0, 0.05) is 33.6 Å². The molecular formula is C30H31F3N2O6S2. The maximum absolute atomic E-state index is 13.3. The maximum Gasteiger partial charge on any atom is 0.573 e. The quantitative estimate of drug-likeness (QED) is 0.176. The Morgan fingerprint density at radius 1 is 0.837 bits per heavy atom. The van der Waals surface area contributed by atoms with Crippen LogP contribution in [0.4, 0.5) is 24.5 Å². The summed E-state index contributed by atoms with van der Waals surface area (Å²) < 4.78 is 80.8. The molecule has 43 heavy (non-hydrogen) atoms. The molecule has 0 atom stereocenters. The number of methoxy groups -OCH3 is 2. The van der Waals surface area contributed by atoms with Crippen molar-refractivity contribution in [3.63, 3.8) is 0 Å². The van der Waals surface area contributed by atoms with Crippen LogP contribution < -0.4 is 24.2 Å². The third-order valence-electron chi connectivity index (χ3n) is 7.11. The van der Waals surface area contributed by atoms with E-state index in [1.807, 2.05) is 13.8 Å². The summed E-state index contributed by atoms with van der Waals surface area (Å²) >= 11 is 1.25. The van der Waals surface area contributed by atoms with Crippen LogP contribution in [-0.2, 0) is 15.4 Å². The van der Waals surface area contributed by atoms with E-state index in [0.717, 1.165) is 11.0 Å². The van der Waals surface area contributed by atoms with E-state index in [1.165, 1.54) is 37.7 Å². The average Bonchev–Trinajstić information content (AvgIpc) is 3.36. The van der Waals surface area contributed by atoms with Gasteiger partial charge in [-0.1, -0.05) is 13.8 Å². The van der Waals surface area contributed by atoms with Crippen LogP contribution in [0.25, 0.3) is 10.1 Å². The molecule has 0 radical (unpaired) electrons. The number of halogens is 3. The first-order valence-corrected chi connectivity index (χ1v) is 15.9. The monoisotopic (exact) mass is 636 g/mol. The van der Waals surface area contributed by atoms with Gasteiger partial charge in [0.2, 0.25) is 10.0 Å². The zero-order chi connectivity index (χ0) is 31.6. The summed E-state index contributed by atoms with van der Waals surface area (Å²) in [6, 6.07) is 16.1. The van der Waals surface area contributed by atoms with Crippen LogP contribution in [0.3, 0.4) is 0 Å². The molecule has 0 aliphatic rings. The average molecular weight is 637 g/mol. The molecule has 8 nitrogen and oxygen atoms in total. The largest absolute Gasteiger partial charge is 0.573 e. The molecule has 4 rings (SSSR count). The molecule has 1 aromatic heterocycles. The molecule has 230 valence electrons. The number of nitrogens with one attached hydrogen (secondary N) is 2. The van der Waals surface area contributed by atoms with Crippen LogP contribution in [0, 0.1) is 0 Å². The summed E-state index contributed by atoms with van der Waals surface area (Å²) in [5, 5.41) is 3.60. The van der Waals surface area contributed by atoms with E-state index in [9.17, 15) is 26.4 Å². The molecule has 0 saturated carbocycles. The van der Waals surface area contributed by atoms with Gasteiger partial charge < -0.3 is 19.5 Å². The predicted molar refractivity (Wildman–Crippen MR) is 162 cm³/mol. The van der Waals surface area contributed by atoms with E-state index in [-0.39, 0.29) is 11.7 Å². The Balaban J connectivity index is 1.72. The second-order valence-electron chi connectivity index (χ2n) is 9.88. The van der Waals surface area contributed by atoms with Gasteiger partial charge in [0.25, 0.3) is 5.91 Å². The molecular weight excluding hydrogens is 605 g/mol. The van der Waals surface area contributed by atoms with Gasteiger partial charge in [0.05, 0.1) is 25.4 Å². The van der Waals surface area contributed by atoms with Gasteiger partial charge in [-0.15, -0.1) is 24.5 Å². The standard InChI is InChI=1S/C30H31F3N2O6S2/c1-6-29(7-2,20-14-24(40-4)17-25(15-20)41-30(31,32)33)19-12-22(16-23(13-19)39-3)34-28(36)27-11-18-10-21(35-43(5,37)38)8-9-26(18)42-27/h8-17,35H,6-7H2,1-5H3,(H,34,36). The fraction of sp³-hybridized carbons (Fsp3) is 0.300. The van der Waals surface area contributed by atoms with E-state index < -0.39 is 27.6 Å². The molecule has 1 amide bonds. The number of ether oxygens (including phenoxy) is 3. The van der Waals surface area contributed by atoms with Gasteiger partial charge in [-0.25, -0.2) is 8.42 Å². The lowest BCUT2D eigenvalue weighted by Crippen LogP contribution is -2.27. The van der Waals surface area contributed by atoms with Crippen molar-refractivity contribution in [1.82, 2.24) is 0 Å². The van der Waals surface area contributed by atoms with E-state index in [4.69, 9.17) is 9.47 Å². The Morgan fingerprint density at radius 2 is 1.44 bits per heavy atom. The molecule has 0 fully saturated rings. The van der Waals surface area contributed by atoms with Crippen molar-refractivity contribution in [2.24, 2.45) is 0 Å². The minimum absolute atomic E-state index is 0.208. The third-order valence-corrected chi connectivity index (χ3v) is 8.83. The number of hydrogen-bond donors (Lipinski definition) is 2. The highest BCUT2D eigenvalue weighted by Gasteiger charge is 2.35. The number of anilines is 2. The molecule has 13 heteroatoms. The smallest absolute Gasteiger partial charge is 0.497 e. The summed E-state index contributed by atoms with van der Waals surface area (Å²) in [5.74, 6) is -0.135. The predicted octanol–water partition coefficient (Wildman–Crippen LogP) is 7.55. The lowest BCUT2D eigenvalue weighted by Gasteiger charge is -2.34. The highest BCUT2D eigenvalue weighted by molar-refractivity contribution is 7.92. The number of amides is 1. The molecule has 0 aliphatic heterocycles. The molecule has 0 bridgehead atoms. The van der Waals surface area contributed by atoms with Gasteiger partial charge in [-0.3, -0.25) is 9.52 Å². The van der Waals surface area contributed by atoms with Crippen LogP contribution in [0.2, 0.25) is 0 Å². The molecule has 0 unspecified atom stereocenters. The molecule has 3 aromatic carbocycles. The number of alkyl halides is 3. The van der Waals surface area contributed by atoms with Crippen molar-refractivity contribution in [3.05, 3.63) is 76.7 Å². The summed E-state index contributed by atoms with van der Waals surface area (Å²) in [6.07, 6.45) is -2.82.